The van der Waals surface area contributed by atoms with Gasteiger partial charge in [-0.2, -0.15) is 18.2 Å². The molecule has 2 amide bonds. The summed E-state index contributed by atoms with van der Waals surface area (Å²) in [7, 11) is 0. The molecule has 2 fully saturated rings. The zero-order valence-electron chi connectivity index (χ0n) is 18.0. The fourth-order valence-corrected chi connectivity index (χ4v) is 4.23. The van der Waals surface area contributed by atoms with Crippen LogP contribution in [0.15, 0.2) is 0 Å². The molecule has 1 atom stereocenters. The normalized spacial score (nSPS) is 19.7. The third-order valence-electron chi connectivity index (χ3n) is 6.04. The Morgan fingerprint density at radius 1 is 1.09 bits per heavy atom. The number of carbonyl (C=O) groups excluding carboxylic acids is 2. The lowest BCUT2D eigenvalue weighted by molar-refractivity contribution is -0.146. The van der Waals surface area contributed by atoms with Crippen molar-refractivity contribution in [2.45, 2.75) is 51.8 Å². The van der Waals surface area contributed by atoms with E-state index >= 15 is 0 Å². The van der Waals surface area contributed by atoms with Gasteiger partial charge in [-0.25, -0.2) is 9.50 Å². The second-order valence-corrected chi connectivity index (χ2v) is 8.11. The molecule has 9 nitrogen and oxygen atoms in total. The van der Waals surface area contributed by atoms with Crippen molar-refractivity contribution in [1.29, 1.82) is 0 Å². The summed E-state index contributed by atoms with van der Waals surface area (Å²) < 4.78 is 45.3. The highest BCUT2D eigenvalue weighted by Gasteiger charge is 2.37. The molecule has 2 saturated heterocycles. The number of nitrogens with zero attached hydrogens (tertiary/aromatic N) is 6. The van der Waals surface area contributed by atoms with Crippen molar-refractivity contribution in [3.8, 4) is 0 Å². The molecule has 4 rings (SSSR count). The van der Waals surface area contributed by atoms with Crippen molar-refractivity contribution in [1.82, 2.24) is 29.4 Å². The molecule has 2 aliphatic rings. The number of aromatic nitrogens is 4. The number of fused-ring (bicyclic) bond motifs is 1. The van der Waals surface area contributed by atoms with Gasteiger partial charge in [-0.1, -0.05) is 0 Å². The van der Waals surface area contributed by atoms with Crippen LogP contribution in [0.2, 0.25) is 0 Å². The summed E-state index contributed by atoms with van der Waals surface area (Å²) in [6, 6.07) is 0. The van der Waals surface area contributed by atoms with Gasteiger partial charge >= 0.3 is 6.18 Å². The van der Waals surface area contributed by atoms with Crippen molar-refractivity contribution in [2.24, 2.45) is 0 Å². The zero-order chi connectivity index (χ0) is 23.0. The van der Waals surface area contributed by atoms with E-state index in [9.17, 15) is 22.8 Å². The number of halogens is 3. The Bertz CT molecular complexity index is 1020. The largest absolute Gasteiger partial charge is 0.453 e. The molecular formula is C20H25F3N6O3. The number of rotatable bonds is 4. The van der Waals surface area contributed by atoms with Crippen LogP contribution >= 0.6 is 0 Å². The molecule has 1 unspecified atom stereocenters. The Labute approximate surface area is 182 Å². The number of alkyl halides is 3. The molecule has 2 aliphatic heterocycles. The van der Waals surface area contributed by atoms with E-state index in [0.29, 0.717) is 56.2 Å². The first kappa shape index (κ1) is 22.4. The van der Waals surface area contributed by atoms with E-state index in [4.69, 9.17) is 4.74 Å². The number of ether oxygens (including phenoxy) is 1. The van der Waals surface area contributed by atoms with E-state index in [1.807, 2.05) is 0 Å². The van der Waals surface area contributed by atoms with E-state index in [-0.39, 0.29) is 30.1 Å². The summed E-state index contributed by atoms with van der Waals surface area (Å²) in [5, 5.41) is 3.53. The smallest absolute Gasteiger partial charge is 0.368 e. The van der Waals surface area contributed by atoms with E-state index < -0.39 is 12.0 Å². The predicted octanol–water partition coefficient (Wildman–Crippen LogP) is 1.54. The molecule has 32 heavy (non-hydrogen) atoms. The third-order valence-corrected chi connectivity index (χ3v) is 6.04. The van der Waals surface area contributed by atoms with Crippen LogP contribution in [0.25, 0.3) is 5.78 Å². The Morgan fingerprint density at radius 2 is 1.78 bits per heavy atom. The van der Waals surface area contributed by atoms with Crippen LogP contribution in [0.4, 0.5) is 13.2 Å². The van der Waals surface area contributed by atoms with Gasteiger partial charge in [0.1, 0.15) is 6.10 Å². The summed E-state index contributed by atoms with van der Waals surface area (Å²) in [6.07, 6.45) is -2.87. The van der Waals surface area contributed by atoms with E-state index in [1.54, 1.807) is 23.6 Å². The van der Waals surface area contributed by atoms with Crippen molar-refractivity contribution in [3.05, 3.63) is 22.8 Å². The van der Waals surface area contributed by atoms with Gasteiger partial charge in [0.2, 0.25) is 5.91 Å². The van der Waals surface area contributed by atoms with Crippen LogP contribution in [0.1, 0.15) is 42.0 Å². The van der Waals surface area contributed by atoms with Gasteiger partial charge in [-0.15, -0.1) is 5.10 Å². The minimum atomic E-state index is -4.66. The van der Waals surface area contributed by atoms with E-state index in [2.05, 4.69) is 15.1 Å². The van der Waals surface area contributed by atoms with E-state index in [1.165, 1.54) is 0 Å². The topological polar surface area (TPSA) is 92.9 Å². The predicted molar refractivity (Wildman–Crippen MR) is 106 cm³/mol. The Morgan fingerprint density at radius 3 is 2.41 bits per heavy atom. The standard InChI is InChI=1S/C20H25F3N6O3/c1-12-14(13(2)29-19(24-12)25-18(26-29)20(21,22)23)5-6-16(30)27-7-9-28(10-8-27)17(31)15-4-3-11-32-15/h15H,3-11H2,1-2H3. The van der Waals surface area contributed by atoms with Crippen LogP contribution in [0.3, 0.4) is 0 Å². The van der Waals surface area contributed by atoms with E-state index in [0.717, 1.165) is 17.4 Å². The van der Waals surface area contributed by atoms with Crippen LogP contribution in [-0.2, 0) is 26.9 Å². The average Bonchev–Trinajstić information content (AvgIpc) is 3.43. The van der Waals surface area contributed by atoms with Crippen molar-refractivity contribution in [3.63, 3.8) is 0 Å². The molecule has 0 aliphatic carbocycles. The van der Waals surface area contributed by atoms with Gasteiger partial charge in [0, 0.05) is 50.6 Å². The van der Waals surface area contributed by atoms with Crippen LogP contribution in [0, 0.1) is 13.8 Å². The Balaban J connectivity index is 1.37. The molecule has 12 heteroatoms. The third kappa shape index (κ3) is 4.41. The summed E-state index contributed by atoms with van der Waals surface area (Å²) in [5.74, 6) is -1.43. The lowest BCUT2D eigenvalue weighted by atomic mass is 10.1. The highest BCUT2D eigenvalue weighted by Crippen LogP contribution is 2.27. The van der Waals surface area contributed by atoms with Gasteiger partial charge in [-0.05, 0) is 38.7 Å². The average molecular weight is 454 g/mol. The number of piperazine rings is 1. The molecule has 2 aromatic rings. The molecule has 0 saturated carbocycles. The van der Waals surface area contributed by atoms with Gasteiger partial charge < -0.3 is 14.5 Å². The maximum absolute atomic E-state index is 12.9. The van der Waals surface area contributed by atoms with Gasteiger partial charge in [-0.3, -0.25) is 9.59 Å². The lowest BCUT2D eigenvalue weighted by Gasteiger charge is -2.35. The van der Waals surface area contributed by atoms with Gasteiger partial charge in [0.15, 0.2) is 0 Å². The zero-order valence-corrected chi connectivity index (χ0v) is 18.0. The SMILES string of the molecule is Cc1nc2nc(C(F)(F)F)nn2c(C)c1CCC(=O)N1CCN(C(=O)C2CCCO2)CC1. The number of hydrogen-bond donors (Lipinski definition) is 0. The fraction of sp³-hybridized carbons (Fsp3) is 0.650. The molecule has 0 spiro atoms. The van der Waals surface area contributed by atoms with Gasteiger partial charge in [0.05, 0.1) is 0 Å². The lowest BCUT2D eigenvalue weighted by Crippen LogP contribution is -2.52. The number of hydrogen-bond acceptors (Lipinski definition) is 6. The van der Waals surface area contributed by atoms with Crippen molar-refractivity contribution >= 4 is 17.6 Å². The molecule has 0 radical (unpaired) electrons. The minimum absolute atomic E-state index is 0.00807. The van der Waals surface area contributed by atoms with Gasteiger partial charge in [0.25, 0.3) is 17.5 Å². The molecule has 0 bridgehead atoms. The molecule has 2 aromatic heterocycles. The second kappa shape index (κ2) is 8.64. The molecule has 4 heterocycles. The fourth-order valence-electron chi connectivity index (χ4n) is 4.23. The molecule has 0 aromatic carbocycles. The van der Waals surface area contributed by atoms with Crippen LogP contribution < -0.4 is 0 Å². The number of aryl methyl sites for hydroxylation is 2. The van der Waals surface area contributed by atoms with Crippen LogP contribution in [0.5, 0.6) is 0 Å². The Kier molecular flexibility index (Phi) is 6.06. The minimum Gasteiger partial charge on any atom is -0.368 e. The number of carbonyl (C=O) groups is 2. The number of amides is 2. The second-order valence-electron chi connectivity index (χ2n) is 8.11. The van der Waals surface area contributed by atoms with Crippen molar-refractivity contribution < 1.29 is 27.5 Å². The molecule has 174 valence electrons. The first-order chi connectivity index (χ1) is 15.1. The summed E-state index contributed by atoms with van der Waals surface area (Å²) >= 11 is 0. The summed E-state index contributed by atoms with van der Waals surface area (Å²) in [5.41, 5.74) is 1.68. The summed E-state index contributed by atoms with van der Waals surface area (Å²) in [6.45, 7) is 5.77. The highest BCUT2D eigenvalue weighted by molar-refractivity contribution is 5.82. The maximum atomic E-state index is 12.9. The first-order valence-corrected chi connectivity index (χ1v) is 10.6. The highest BCUT2D eigenvalue weighted by atomic mass is 19.4. The van der Waals surface area contributed by atoms with Crippen molar-refractivity contribution in [2.75, 3.05) is 32.8 Å². The molecular weight excluding hydrogens is 429 g/mol. The summed E-state index contributed by atoms with van der Waals surface area (Å²) in [4.78, 5) is 36.2. The Hall–Kier alpha value is -2.76. The van der Waals surface area contributed by atoms with Crippen LogP contribution in [-0.4, -0.2) is 80.1 Å². The first-order valence-electron chi connectivity index (χ1n) is 10.6. The quantitative estimate of drug-likeness (QED) is 0.696. The monoisotopic (exact) mass is 454 g/mol. The maximum Gasteiger partial charge on any atom is 0.453 e. The molecule has 0 N–H and O–H groups in total.